The van der Waals surface area contributed by atoms with Crippen molar-refractivity contribution in [2.45, 2.75) is 140 Å². The zero-order valence-electron chi connectivity index (χ0n) is 32.3. The van der Waals surface area contributed by atoms with E-state index in [-0.39, 0.29) is 48.7 Å². The number of rotatable bonds is 33. The summed E-state index contributed by atoms with van der Waals surface area (Å²) in [5.74, 6) is -1.59. The molecule has 0 aliphatic heterocycles. The molecule has 0 rings (SSSR count). The van der Waals surface area contributed by atoms with Crippen LogP contribution in [0.25, 0.3) is 0 Å². The van der Waals surface area contributed by atoms with Crippen LogP contribution in [0, 0.1) is 0 Å². The predicted molar refractivity (Wildman–Crippen MR) is 202 cm³/mol. The summed E-state index contributed by atoms with van der Waals surface area (Å²) in [6.07, 6.45) is 8.50. The summed E-state index contributed by atoms with van der Waals surface area (Å²) in [4.78, 5) is 76.4. The number of carbonyl (C=O) groups is 6. The highest BCUT2D eigenvalue weighted by Gasteiger charge is 2.27. The van der Waals surface area contributed by atoms with Crippen molar-refractivity contribution in [2.24, 2.45) is 5.73 Å². The molecule has 296 valence electrons. The molecule has 0 saturated heterocycles. The summed E-state index contributed by atoms with van der Waals surface area (Å²) in [5, 5.41) is 23.7. The van der Waals surface area contributed by atoms with Gasteiger partial charge in [0, 0.05) is 25.4 Å². The van der Waals surface area contributed by atoms with Gasteiger partial charge in [-0.15, -0.1) is 0 Å². The van der Waals surface area contributed by atoms with E-state index in [1.807, 2.05) is 21.1 Å². The molecule has 5 atom stereocenters. The lowest BCUT2D eigenvalue weighted by Crippen LogP contribution is -2.53. The van der Waals surface area contributed by atoms with Crippen LogP contribution in [0.5, 0.6) is 0 Å². The molecule has 0 aromatic carbocycles. The molecule has 4 amide bonds. The Morgan fingerprint density at radius 2 is 1.04 bits per heavy atom. The highest BCUT2D eigenvalue weighted by atomic mass is 16.2. The number of hydrogen-bond donors (Lipinski definition) is 9. The van der Waals surface area contributed by atoms with Crippen molar-refractivity contribution < 1.29 is 28.8 Å². The first kappa shape index (κ1) is 48.0. The number of carbonyl (C=O) groups excluding carboxylic acids is 6. The average molecular weight is 726 g/mol. The molecule has 0 fully saturated rings. The molecule has 0 aromatic rings. The third-order valence-corrected chi connectivity index (χ3v) is 8.81. The van der Waals surface area contributed by atoms with Crippen molar-refractivity contribution in [3.63, 3.8) is 0 Å². The number of unbranched alkanes of at least 4 members (excludes halogenated alkanes) is 4. The van der Waals surface area contributed by atoms with Crippen LogP contribution >= 0.6 is 0 Å². The van der Waals surface area contributed by atoms with Crippen LogP contribution in [0.3, 0.4) is 0 Å². The van der Waals surface area contributed by atoms with E-state index in [4.69, 9.17) is 5.73 Å². The Balaban J connectivity index is 5.41. The average Bonchev–Trinajstić information content (AvgIpc) is 3.09. The normalized spacial score (nSPS) is 14.1. The second kappa shape index (κ2) is 30.6. The minimum absolute atomic E-state index is 0.00976. The first-order valence-electron chi connectivity index (χ1n) is 18.9. The SMILES string of the molecule is CNCCCCC(N)C(=O)NC(CCCCNC(=O)C(CCCCNC)NC)C(=O)NC(CCC(=O)NC(CCCCNC)C(C)=O)CC(C)=O. The van der Waals surface area contributed by atoms with Crippen molar-refractivity contribution >= 4 is 35.2 Å². The van der Waals surface area contributed by atoms with E-state index in [1.54, 1.807) is 7.05 Å². The van der Waals surface area contributed by atoms with E-state index in [0.717, 1.165) is 64.6 Å². The van der Waals surface area contributed by atoms with Gasteiger partial charge in [-0.2, -0.15) is 0 Å². The Morgan fingerprint density at radius 3 is 1.55 bits per heavy atom. The standard InChI is InChI=1S/C36H71N9O6/c1-26(46)25-28(19-20-33(48)44-30(27(2)47)16-8-12-22-39-4)43-36(51)32(45-34(49)29(37)15-7-11-21-38-3)18-10-14-24-42-35(50)31(41-6)17-9-13-23-40-5/h28-32,38-41H,7-25,37H2,1-6H3,(H,42,50)(H,43,51)(H,44,48)(H,45,49). The molecule has 0 aliphatic rings. The second-order valence-corrected chi connectivity index (χ2v) is 13.5. The van der Waals surface area contributed by atoms with Gasteiger partial charge >= 0.3 is 0 Å². The molecule has 0 saturated carbocycles. The quantitative estimate of drug-likeness (QED) is 0.0415. The molecule has 51 heavy (non-hydrogen) atoms. The Kier molecular flexibility index (Phi) is 28.8. The summed E-state index contributed by atoms with van der Waals surface area (Å²) in [7, 11) is 7.38. The Hall–Kier alpha value is -2.98. The fraction of sp³-hybridized carbons (Fsp3) is 0.833. The van der Waals surface area contributed by atoms with Gasteiger partial charge in [0.05, 0.1) is 18.1 Å². The summed E-state index contributed by atoms with van der Waals surface area (Å²) in [6.45, 7) is 5.81. The zero-order valence-corrected chi connectivity index (χ0v) is 32.3. The van der Waals surface area contributed by atoms with Crippen molar-refractivity contribution in [2.75, 3.05) is 54.4 Å². The third-order valence-electron chi connectivity index (χ3n) is 8.81. The van der Waals surface area contributed by atoms with E-state index < -0.39 is 36.0 Å². The second-order valence-electron chi connectivity index (χ2n) is 13.5. The van der Waals surface area contributed by atoms with Gasteiger partial charge in [-0.1, -0.05) is 12.8 Å². The maximum atomic E-state index is 13.6. The molecule has 10 N–H and O–H groups in total. The van der Waals surface area contributed by atoms with Gasteiger partial charge in [0.15, 0.2) is 5.78 Å². The Bertz CT molecular complexity index is 1020. The lowest BCUT2D eigenvalue weighted by atomic mass is 10.0. The highest BCUT2D eigenvalue weighted by molar-refractivity contribution is 5.90. The molecule has 0 radical (unpaired) electrons. The van der Waals surface area contributed by atoms with Crippen LogP contribution < -0.4 is 48.3 Å². The Morgan fingerprint density at radius 1 is 0.529 bits per heavy atom. The largest absolute Gasteiger partial charge is 0.355 e. The number of amides is 4. The van der Waals surface area contributed by atoms with E-state index in [2.05, 4.69) is 42.5 Å². The highest BCUT2D eigenvalue weighted by Crippen LogP contribution is 2.10. The summed E-state index contributed by atoms with van der Waals surface area (Å²) in [5.41, 5.74) is 6.17. The van der Waals surface area contributed by atoms with Crippen LogP contribution in [0.4, 0.5) is 0 Å². The maximum absolute atomic E-state index is 13.6. The first-order valence-corrected chi connectivity index (χ1v) is 18.9. The molecule has 5 unspecified atom stereocenters. The summed E-state index contributed by atoms with van der Waals surface area (Å²) < 4.78 is 0. The number of nitrogens with one attached hydrogen (secondary N) is 8. The number of ketones is 2. The van der Waals surface area contributed by atoms with Gasteiger partial charge < -0.3 is 48.3 Å². The maximum Gasteiger partial charge on any atom is 0.242 e. The molecule has 0 heterocycles. The monoisotopic (exact) mass is 726 g/mol. The minimum atomic E-state index is -0.920. The summed E-state index contributed by atoms with van der Waals surface area (Å²) >= 11 is 0. The molecular formula is C36H71N9O6. The minimum Gasteiger partial charge on any atom is -0.355 e. The zero-order chi connectivity index (χ0) is 38.4. The van der Waals surface area contributed by atoms with Crippen LogP contribution in [0.1, 0.15) is 110 Å². The fourth-order valence-electron chi connectivity index (χ4n) is 5.68. The molecule has 15 heteroatoms. The van der Waals surface area contributed by atoms with Crippen LogP contribution in [-0.2, 0) is 28.8 Å². The number of hydrogen-bond acceptors (Lipinski definition) is 11. The topological polar surface area (TPSA) is 225 Å². The van der Waals surface area contributed by atoms with Gasteiger partial charge in [0.25, 0.3) is 0 Å². The van der Waals surface area contributed by atoms with Gasteiger partial charge in [-0.3, -0.25) is 28.8 Å². The molecule has 0 aliphatic carbocycles. The predicted octanol–water partition coefficient (Wildman–Crippen LogP) is 0.160. The summed E-state index contributed by atoms with van der Waals surface area (Å²) in [6, 6.07) is -3.22. The van der Waals surface area contributed by atoms with E-state index in [1.165, 1.54) is 13.8 Å². The van der Waals surface area contributed by atoms with E-state index in [9.17, 15) is 28.8 Å². The van der Waals surface area contributed by atoms with Crippen molar-refractivity contribution in [1.82, 2.24) is 42.5 Å². The smallest absolute Gasteiger partial charge is 0.242 e. The lowest BCUT2D eigenvalue weighted by molar-refractivity contribution is -0.131. The van der Waals surface area contributed by atoms with Gasteiger partial charge in [-0.25, -0.2) is 0 Å². The van der Waals surface area contributed by atoms with Crippen LogP contribution in [0.2, 0.25) is 0 Å². The molecule has 0 bridgehead atoms. The molecule has 0 aromatic heterocycles. The van der Waals surface area contributed by atoms with Gasteiger partial charge in [0.1, 0.15) is 11.8 Å². The molecular weight excluding hydrogens is 654 g/mol. The number of Topliss-reactive ketones (excluding diaryl/α,β-unsaturated/α-hetero) is 2. The van der Waals surface area contributed by atoms with Crippen molar-refractivity contribution in [1.29, 1.82) is 0 Å². The lowest BCUT2D eigenvalue weighted by Gasteiger charge is -2.24. The Labute approximate surface area is 306 Å². The third kappa shape index (κ3) is 24.8. The fourth-order valence-corrected chi connectivity index (χ4v) is 5.68. The van der Waals surface area contributed by atoms with Crippen molar-refractivity contribution in [3.8, 4) is 0 Å². The molecule has 15 nitrogen and oxygen atoms in total. The van der Waals surface area contributed by atoms with Crippen LogP contribution in [-0.4, -0.2) is 120 Å². The van der Waals surface area contributed by atoms with Crippen LogP contribution in [0.15, 0.2) is 0 Å². The number of likely N-dealkylation sites (N-methyl/N-ethyl adjacent to an activating group) is 1. The van der Waals surface area contributed by atoms with Gasteiger partial charge in [-0.05, 0) is 132 Å². The van der Waals surface area contributed by atoms with E-state index >= 15 is 0 Å². The first-order chi connectivity index (χ1) is 24.4. The van der Waals surface area contributed by atoms with Gasteiger partial charge in [0.2, 0.25) is 23.6 Å². The van der Waals surface area contributed by atoms with Crippen molar-refractivity contribution in [3.05, 3.63) is 0 Å². The molecule has 0 spiro atoms. The number of nitrogens with two attached hydrogens (primary N) is 1. The van der Waals surface area contributed by atoms with E-state index in [0.29, 0.717) is 38.6 Å².